The maximum Gasteiger partial charge on any atom is 0.220 e. The van der Waals surface area contributed by atoms with E-state index in [4.69, 9.17) is 4.42 Å². The number of furan rings is 1. The molecule has 1 amide bonds. The van der Waals surface area contributed by atoms with Crippen molar-refractivity contribution in [1.29, 1.82) is 0 Å². The smallest absolute Gasteiger partial charge is 0.220 e. The number of nitrogens with zero attached hydrogens (tertiary/aromatic N) is 1. The van der Waals surface area contributed by atoms with Crippen LogP contribution in [-0.2, 0) is 24.3 Å². The Bertz CT molecular complexity index is 1080. The number of hydrogen-bond acceptors (Lipinski definition) is 2. The largest absolute Gasteiger partial charge is 0.467 e. The maximum atomic E-state index is 12.2. The van der Waals surface area contributed by atoms with Gasteiger partial charge in [0, 0.05) is 30.1 Å². The highest BCUT2D eigenvalue weighted by atomic mass is 16.3. The van der Waals surface area contributed by atoms with Crippen molar-refractivity contribution in [3.05, 3.63) is 95.6 Å². The third-order valence-corrected chi connectivity index (χ3v) is 5.13. The Morgan fingerprint density at radius 2 is 1.82 bits per heavy atom. The Kier molecular flexibility index (Phi) is 5.29. The standard InChI is InChI=1S/C24H24N2O2/c1-18-7-2-3-8-19(18)16-26-17-20(22-10-4-5-11-23(22)26)12-13-24(27)25-15-21-9-6-14-28-21/h2-11,14,17H,12-13,15-16H2,1H3,(H,25,27). The lowest BCUT2D eigenvalue weighted by Crippen LogP contribution is -2.22. The van der Waals surface area contributed by atoms with Gasteiger partial charge in [0.15, 0.2) is 0 Å². The highest BCUT2D eigenvalue weighted by Crippen LogP contribution is 2.24. The number of amides is 1. The van der Waals surface area contributed by atoms with E-state index in [2.05, 4.69) is 71.5 Å². The molecule has 28 heavy (non-hydrogen) atoms. The molecule has 4 heteroatoms. The van der Waals surface area contributed by atoms with Crippen LogP contribution in [0.1, 0.15) is 28.9 Å². The number of benzene rings is 2. The second-order valence-electron chi connectivity index (χ2n) is 7.08. The lowest BCUT2D eigenvalue weighted by Gasteiger charge is -2.08. The van der Waals surface area contributed by atoms with Crippen LogP contribution < -0.4 is 5.32 Å². The fraction of sp³-hybridized carbons (Fsp3) is 0.208. The molecule has 0 fully saturated rings. The van der Waals surface area contributed by atoms with Crippen LogP contribution in [0.3, 0.4) is 0 Å². The predicted octanol–water partition coefficient (Wildman–Crippen LogP) is 4.84. The number of carbonyl (C=O) groups excluding carboxylic acids is 1. The van der Waals surface area contributed by atoms with Crippen molar-refractivity contribution in [2.75, 3.05) is 0 Å². The van der Waals surface area contributed by atoms with E-state index in [1.54, 1.807) is 6.26 Å². The lowest BCUT2D eigenvalue weighted by molar-refractivity contribution is -0.121. The molecule has 4 nitrogen and oxygen atoms in total. The molecule has 0 aliphatic heterocycles. The van der Waals surface area contributed by atoms with E-state index >= 15 is 0 Å². The second-order valence-corrected chi connectivity index (χ2v) is 7.08. The summed E-state index contributed by atoms with van der Waals surface area (Å²) in [6, 6.07) is 20.6. The number of fused-ring (bicyclic) bond motifs is 1. The van der Waals surface area contributed by atoms with Gasteiger partial charge in [0.1, 0.15) is 5.76 Å². The number of rotatable bonds is 7. The van der Waals surface area contributed by atoms with Gasteiger partial charge in [-0.25, -0.2) is 0 Å². The summed E-state index contributed by atoms with van der Waals surface area (Å²) in [6.07, 6.45) is 4.98. The van der Waals surface area contributed by atoms with Gasteiger partial charge in [-0.05, 0) is 48.2 Å². The predicted molar refractivity (Wildman–Crippen MR) is 111 cm³/mol. The van der Waals surface area contributed by atoms with Crippen molar-refractivity contribution in [2.45, 2.75) is 32.9 Å². The van der Waals surface area contributed by atoms with Gasteiger partial charge in [-0.3, -0.25) is 4.79 Å². The Morgan fingerprint density at radius 3 is 2.64 bits per heavy atom. The number of para-hydroxylation sites is 1. The Hall–Kier alpha value is -3.27. The van der Waals surface area contributed by atoms with E-state index in [0.717, 1.165) is 12.3 Å². The zero-order chi connectivity index (χ0) is 19.3. The molecule has 4 rings (SSSR count). The van der Waals surface area contributed by atoms with Gasteiger partial charge in [-0.1, -0.05) is 42.5 Å². The van der Waals surface area contributed by atoms with E-state index in [9.17, 15) is 4.79 Å². The van der Waals surface area contributed by atoms with Gasteiger partial charge in [-0.15, -0.1) is 0 Å². The minimum atomic E-state index is 0.0344. The molecular formula is C24H24N2O2. The Morgan fingerprint density at radius 1 is 1.00 bits per heavy atom. The average molecular weight is 372 g/mol. The molecule has 2 aromatic carbocycles. The summed E-state index contributed by atoms with van der Waals surface area (Å²) in [5.41, 5.74) is 5.01. The van der Waals surface area contributed by atoms with Gasteiger partial charge in [-0.2, -0.15) is 0 Å². The molecule has 0 aliphatic rings. The van der Waals surface area contributed by atoms with Crippen LogP contribution in [0.15, 0.2) is 77.5 Å². The van der Waals surface area contributed by atoms with Crippen molar-refractivity contribution in [2.24, 2.45) is 0 Å². The number of carbonyl (C=O) groups is 1. The summed E-state index contributed by atoms with van der Waals surface area (Å²) in [4.78, 5) is 12.2. The van der Waals surface area contributed by atoms with E-state index in [-0.39, 0.29) is 5.91 Å². The molecule has 0 atom stereocenters. The molecule has 0 radical (unpaired) electrons. The van der Waals surface area contributed by atoms with Crippen molar-refractivity contribution in [1.82, 2.24) is 9.88 Å². The Labute approximate surface area is 164 Å². The van der Waals surface area contributed by atoms with Crippen molar-refractivity contribution in [3.8, 4) is 0 Å². The van der Waals surface area contributed by atoms with Crippen molar-refractivity contribution >= 4 is 16.8 Å². The quantitative estimate of drug-likeness (QED) is 0.505. The molecule has 0 bridgehead atoms. The first-order chi connectivity index (χ1) is 13.7. The zero-order valence-electron chi connectivity index (χ0n) is 16.0. The van der Waals surface area contributed by atoms with Crippen LogP contribution in [0.25, 0.3) is 10.9 Å². The third kappa shape index (κ3) is 4.01. The van der Waals surface area contributed by atoms with Crippen LogP contribution in [-0.4, -0.2) is 10.5 Å². The summed E-state index contributed by atoms with van der Waals surface area (Å²) in [5.74, 6) is 0.801. The van der Waals surface area contributed by atoms with Gasteiger partial charge in [0.05, 0.1) is 12.8 Å². The summed E-state index contributed by atoms with van der Waals surface area (Å²) in [5, 5.41) is 4.14. The van der Waals surface area contributed by atoms with Crippen LogP contribution in [0, 0.1) is 6.92 Å². The summed E-state index contributed by atoms with van der Waals surface area (Å²) in [6.45, 7) is 3.41. The van der Waals surface area contributed by atoms with E-state index in [0.29, 0.717) is 19.4 Å². The summed E-state index contributed by atoms with van der Waals surface area (Å²) < 4.78 is 7.54. The molecule has 0 saturated carbocycles. The molecule has 0 unspecified atom stereocenters. The molecule has 2 heterocycles. The first-order valence-corrected chi connectivity index (χ1v) is 9.61. The molecule has 2 aromatic heterocycles. The first-order valence-electron chi connectivity index (χ1n) is 9.61. The van der Waals surface area contributed by atoms with Crippen LogP contribution in [0.5, 0.6) is 0 Å². The molecular weight excluding hydrogens is 348 g/mol. The summed E-state index contributed by atoms with van der Waals surface area (Å²) >= 11 is 0. The molecule has 4 aromatic rings. The number of hydrogen-bond donors (Lipinski definition) is 1. The minimum absolute atomic E-state index is 0.0344. The van der Waals surface area contributed by atoms with Gasteiger partial charge in [0.25, 0.3) is 0 Å². The fourth-order valence-electron chi connectivity index (χ4n) is 3.56. The molecule has 0 saturated heterocycles. The molecule has 142 valence electrons. The number of nitrogens with one attached hydrogen (secondary N) is 1. The molecule has 0 spiro atoms. The maximum absolute atomic E-state index is 12.2. The highest BCUT2D eigenvalue weighted by Gasteiger charge is 2.11. The lowest BCUT2D eigenvalue weighted by atomic mass is 10.1. The van der Waals surface area contributed by atoms with Crippen LogP contribution >= 0.6 is 0 Å². The topological polar surface area (TPSA) is 47.2 Å². The second kappa shape index (κ2) is 8.17. The van der Waals surface area contributed by atoms with Gasteiger partial charge >= 0.3 is 0 Å². The Balaban J connectivity index is 1.48. The SMILES string of the molecule is Cc1ccccc1Cn1cc(CCC(=O)NCc2ccco2)c2ccccc21. The number of aryl methyl sites for hydroxylation is 2. The average Bonchev–Trinajstić information content (AvgIpc) is 3.35. The van der Waals surface area contributed by atoms with E-state index in [1.807, 2.05) is 12.1 Å². The normalized spacial score (nSPS) is 11.0. The van der Waals surface area contributed by atoms with Crippen molar-refractivity contribution < 1.29 is 9.21 Å². The fourth-order valence-corrected chi connectivity index (χ4v) is 3.56. The third-order valence-electron chi connectivity index (χ3n) is 5.13. The van der Waals surface area contributed by atoms with Crippen LogP contribution in [0.2, 0.25) is 0 Å². The van der Waals surface area contributed by atoms with Gasteiger partial charge in [0.2, 0.25) is 5.91 Å². The minimum Gasteiger partial charge on any atom is -0.467 e. The first kappa shape index (κ1) is 18.1. The van der Waals surface area contributed by atoms with Crippen LogP contribution in [0.4, 0.5) is 0 Å². The molecule has 1 N–H and O–H groups in total. The zero-order valence-corrected chi connectivity index (χ0v) is 16.0. The van der Waals surface area contributed by atoms with E-state index in [1.165, 1.54) is 27.6 Å². The van der Waals surface area contributed by atoms with Gasteiger partial charge < -0.3 is 14.3 Å². The van der Waals surface area contributed by atoms with E-state index < -0.39 is 0 Å². The summed E-state index contributed by atoms with van der Waals surface area (Å²) in [7, 11) is 0. The molecule has 0 aliphatic carbocycles. The highest BCUT2D eigenvalue weighted by molar-refractivity contribution is 5.85. The van der Waals surface area contributed by atoms with Crippen molar-refractivity contribution in [3.63, 3.8) is 0 Å². The number of aromatic nitrogens is 1. The monoisotopic (exact) mass is 372 g/mol.